The third-order valence-electron chi connectivity index (χ3n) is 3.59. The molecular weight excluding hydrogens is 308 g/mol. The molecule has 0 spiro atoms. The number of carbonyl (C=O) groups excluding carboxylic acids is 2. The van der Waals surface area contributed by atoms with Crippen molar-refractivity contribution in [3.63, 3.8) is 0 Å². The maximum atomic E-state index is 12.3. The molecule has 0 saturated carbocycles. The standard InChI is InChI=1S/C18H28N2O4/c1-6-11(15(20)17(22)24-18(3,4)5)12-9-8-10-13(14(12)19)16(21)23-7-2/h8-11,15H,6-7,19-20H2,1-5H3. The summed E-state index contributed by atoms with van der Waals surface area (Å²) in [7, 11) is 0. The fourth-order valence-corrected chi connectivity index (χ4v) is 2.49. The predicted molar refractivity (Wildman–Crippen MR) is 93.7 cm³/mol. The van der Waals surface area contributed by atoms with Gasteiger partial charge in [-0.2, -0.15) is 0 Å². The molecule has 0 fully saturated rings. The molecule has 0 saturated heterocycles. The smallest absolute Gasteiger partial charge is 0.340 e. The molecule has 0 aliphatic rings. The first-order chi connectivity index (χ1) is 11.1. The van der Waals surface area contributed by atoms with Crippen molar-refractivity contribution in [2.75, 3.05) is 12.3 Å². The van der Waals surface area contributed by atoms with Crippen molar-refractivity contribution in [3.8, 4) is 0 Å². The molecule has 0 radical (unpaired) electrons. The van der Waals surface area contributed by atoms with Gasteiger partial charge < -0.3 is 20.9 Å². The van der Waals surface area contributed by atoms with Crippen molar-refractivity contribution in [1.29, 1.82) is 0 Å². The number of benzene rings is 1. The molecular formula is C18H28N2O4. The predicted octanol–water partition coefficient (Wildman–Crippen LogP) is 2.61. The number of carbonyl (C=O) groups is 2. The lowest BCUT2D eigenvalue weighted by Gasteiger charge is -2.27. The van der Waals surface area contributed by atoms with E-state index in [0.29, 0.717) is 17.7 Å². The van der Waals surface area contributed by atoms with Gasteiger partial charge >= 0.3 is 11.9 Å². The largest absolute Gasteiger partial charge is 0.462 e. The Kier molecular flexibility index (Phi) is 6.78. The number of hydrogen-bond donors (Lipinski definition) is 2. The van der Waals surface area contributed by atoms with E-state index in [9.17, 15) is 9.59 Å². The second kappa shape index (κ2) is 8.15. The van der Waals surface area contributed by atoms with E-state index in [4.69, 9.17) is 20.9 Å². The minimum absolute atomic E-state index is 0.261. The Balaban J connectivity index is 3.14. The van der Waals surface area contributed by atoms with Gasteiger partial charge in [-0.05, 0) is 45.7 Å². The Bertz CT molecular complexity index is 593. The molecule has 6 heteroatoms. The van der Waals surface area contributed by atoms with Crippen LogP contribution in [0.25, 0.3) is 0 Å². The second-order valence-electron chi connectivity index (χ2n) is 6.60. The second-order valence-corrected chi connectivity index (χ2v) is 6.60. The van der Waals surface area contributed by atoms with Gasteiger partial charge in [-0.25, -0.2) is 4.79 Å². The van der Waals surface area contributed by atoms with Crippen LogP contribution in [0, 0.1) is 0 Å². The molecule has 134 valence electrons. The first-order valence-electron chi connectivity index (χ1n) is 8.16. The minimum atomic E-state index is -0.867. The molecule has 6 nitrogen and oxygen atoms in total. The van der Waals surface area contributed by atoms with E-state index >= 15 is 0 Å². The lowest BCUT2D eigenvalue weighted by molar-refractivity contribution is -0.157. The van der Waals surface area contributed by atoms with Gasteiger partial charge in [-0.15, -0.1) is 0 Å². The summed E-state index contributed by atoms with van der Waals surface area (Å²) in [5.74, 6) is -1.33. The number of esters is 2. The fraction of sp³-hybridized carbons (Fsp3) is 0.556. The summed E-state index contributed by atoms with van der Waals surface area (Å²) in [5, 5.41) is 0. The van der Waals surface area contributed by atoms with Crippen LogP contribution >= 0.6 is 0 Å². The van der Waals surface area contributed by atoms with E-state index in [-0.39, 0.29) is 18.1 Å². The van der Waals surface area contributed by atoms with Gasteiger partial charge in [-0.3, -0.25) is 4.79 Å². The zero-order chi connectivity index (χ0) is 18.5. The van der Waals surface area contributed by atoms with E-state index in [1.54, 1.807) is 45.9 Å². The quantitative estimate of drug-likeness (QED) is 0.611. The summed E-state index contributed by atoms with van der Waals surface area (Å²) in [6.45, 7) is 9.25. The number of ether oxygens (including phenoxy) is 2. The fourth-order valence-electron chi connectivity index (χ4n) is 2.49. The van der Waals surface area contributed by atoms with Gasteiger partial charge in [0.15, 0.2) is 0 Å². The number of nitrogens with two attached hydrogens (primary N) is 2. The first kappa shape index (κ1) is 20.0. The molecule has 4 N–H and O–H groups in total. The van der Waals surface area contributed by atoms with Crippen LogP contribution in [0.4, 0.5) is 5.69 Å². The Hall–Kier alpha value is -2.08. The maximum absolute atomic E-state index is 12.3. The van der Waals surface area contributed by atoms with E-state index < -0.39 is 23.6 Å². The normalized spacial score (nSPS) is 13.9. The Morgan fingerprint density at radius 3 is 2.33 bits per heavy atom. The van der Waals surface area contributed by atoms with Crippen molar-refractivity contribution in [1.82, 2.24) is 0 Å². The molecule has 0 aliphatic heterocycles. The number of anilines is 1. The summed E-state index contributed by atoms with van der Waals surface area (Å²) < 4.78 is 10.4. The highest BCUT2D eigenvalue weighted by molar-refractivity contribution is 5.96. The van der Waals surface area contributed by atoms with Gasteiger partial charge in [0.2, 0.25) is 0 Å². The minimum Gasteiger partial charge on any atom is -0.462 e. The van der Waals surface area contributed by atoms with Crippen LogP contribution in [0.2, 0.25) is 0 Å². The van der Waals surface area contributed by atoms with Gasteiger partial charge in [0, 0.05) is 11.6 Å². The lowest BCUT2D eigenvalue weighted by Crippen LogP contribution is -2.41. The van der Waals surface area contributed by atoms with Gasteiger partial charge in [0.05, 0.1) is 12.2 Å². The Morgan fingerprint density at radius 2 is 1.83 bits per heavy atom. The zero-order valence-electron chi connectivity index (χ0n) is 15.1. The lowest BCUT2D eigenvalue weighted by atomic mass is 9.87. The van der Waals surface area contributed by atoms with Crippen molar-refractivity contribution < 1.29 is 19.1 Å². The third kappa shape index (κ3) is 4.96. The molecule has 1 aromatic carbocycles. The van der Waals surface area contributed by atoms with Gasteiger partial charge in [0.25, 0.3) is 0 Å². The topological polar surface area (TPSA) is 105 Å². The Labute approximate surface area is 143 Å². The molecule has 1 rings (SSSR count). The van der Waals surface area contributed by atoms with Crippen molar-refractivity contribution in [3.05, 3.63) is 29.3 Å². The molecule has 0 aliphatic carbocycles. The third-order valence-corrected chi connectivity index (χ3v) is 3.59. The van der Waals surface area contributed by atoms with Crippen LogP contribution in [0.3, 0.4) is 0 Å². The van der Waals surface area contributed by atoms with Crippen LogP contribution in [0.5, 0.6) is 0 Å². The van der Waals surface area contributed by atoms with Crippen LogP contribution in [-0.4, -0.2) is 30.2 Å². The summed E-state index contributed by atoms with van der Waals surface area (Å²) in [6.07, 6.45) is 0.580. The van der Waals surface area contributed by atoms with Crippen LogP contribution in [0.1, 0.15) is 62.9 Å². The van der Waals surface area contributed by atoms with E-state index in [2.05, 4.69) is 0 Å². The summed E-state index contributed by atoms with van der Waals surface area (Å²) in [4.78, 5) is 24.3. The number of rotatable bonds is 6. The molecule has 0 aromatic heterocycles. The maximum Gasteiger partial charge on any atom is 0.340 e. The van der Waals surface area contributed by atoms with Gasteiger partial charge in [-0.1, -0.05) is 19.1 Å². The average molecular weight is 336 g/mol. The Morgan fingerprint density at radius 1 is 1.21 bits per heavy atom. The van der Waals surface area contributed by atoms with E-state index in [1.807, 2.05) is 6.92 Å². The zero-order valence-corrected chi connectivity index (χ0v) is 15.1. The molecule has 2 atom stereocenters. The molecule has 24 heavy (non-hydrogen) atoms. The highest BCUT2D eigenvalue weighted by atomic mass is 16.6. The average Bonchev–Trinajstić information content (AvgIpc) is 2.47. The number of nitrogen functional groups attached to an aromatic ring is 1. The number of hydrogen-bond acceptors (Lipinski definition) is 6. The molecule has 2 unspecified atom stereocenters. The van der Waals surface area contributed by atoms with Crippen LogP contribution in [-0.2, 0) is 14.3 Å². The van der Waals surface area contributed by atoms with E-state index in [0.717, 1.165) is 0 Å². The van der Waals surface area contributed by atoms with Crippen molar-refractivity contribution in [2.45, 2.75) is 58.6 Å². The molecule has 1 aromatic rings. The number of para-hydroxylation sites is 1. The first-order valence-corrected chi connectivity index (χ1v) is 8.16. The molecule has 0 heterocycles. The highest BCUT2D eigenvalue weighted by Gasteiger charge is 2.31. The van der Waals surface area contributed by atoms with Crippen molar-refractivity contribution >= 4 is 17.6 Å². The SMILES string of the molecule is CCOC(=O)c1cccc(C(CC)C(N)C(=O)OC(C)(C)C)c1N. The summed E-state index contributed by atoms with van der Waals surface area (Å²) in [5.41, 5.74) is 12.9. The van der Waals surface area contributed by atoms with Crippen LogP contribution < -0.4 is 11.5 Å². The monoisotopic (exact) mass is 336 g/mol. The summed E-state index contributed by atoms with van der Waals surface area (Å²) in [6, 6.07) is 4.22. The van der Waals surface area contributed by atoms with Crippen molar-refractivity contribution in [2.24, 2.45) is 5.73 Å². The highest BCUT2D eigenvalue weighted by Crippen LogP contribution is 2.31. The van der Waals surface area contributed by atoms with E-state index in [1.165, 1.54) is 0 Å². The summed E-state index contributed by atoms with van der Waals surface area (Å²) >= 11 is 0. The van der Waals surface area contributed by atoms with Crippen LogP contribution in [0.15, 0.2) is 18.2 Å². The van der Waals surface area contributed by atoms with Gasteiger partial charge in [0.1, 0.15) is 11.6 Å². The molecule has 0 bridgehead atoms. The molecule has 0 amide bonds.